The van der Waals surface area contributed by atoms with Crippen molar-refractivity contribution < 1.29 is 9.59 Å². The first-order chi connectivity index (χ1) is 10.1. The average Bonchev–Trinajstić information content (AvgIpc) is 2.49. The van der Waals surface area contributed by atoms with E-state index in [0.29, 0.717) is 12.8 Å². The van der Waals surface area contributed by atoms with Gasteiger partial charge in [-0.3, -0.25) is 9.59 Å². The predicted octanol–water partition coefficient (Wildman–Crippen LogP) is 4.48. The summed E-state index contributed by atoms with van der Waals surface area (Å²) in [5.41, 5.74) is 0.853. The molecule has 2 nitrogen and oxygen atoms in total. The maximum atomic E-state index is 12.3. The van der Waals surface area contributed by atoms with Crippen LogP contribution in [0.25, 0.3) is 0 Å². The maximum Gasteiger partial charge on any atom is 0.211 e. The standard InChI is InChI=1S/C17H14I2O2/c18-15(20)17(16(19)21,14-9-5-2-6-10-14)12-11-13-7-3-1-4-8-13/h1-10H,11-12H2. The van der Waals surface area contributed by atoms with Crippen LogP contribution in [0.15, 0.2) is 60.7 Å². The summed E-state index contributed by atoms with van der Waals surface area (Å²) in [6.45, 7) is 0. The molecule has 2 aromatic carbocycles. The van der Waals surface area contributed by atoms with E-state index in [1.54, 1.807) is 45.2 Å². The fourth-order valence-electron chi connectivity index (χ4n) is 2.34. The average molecular weight is 504 g/mol. The lowest BCUT2D eigenvalue weighted by Gasteiger charge is -2.27. The van der Waals surface area contributed by atoms with Gasteiger partial charge in [0.05, 0.1) is 0 Å². The van der Waals surface area contributed by atoms with Crippen molar-refractivity contribution in [1.29, 1.82) is 0 Å². The Morgan fingerprint density at radius 3 is 1.76 bits per heavy atom. The fraction of sp³-hybridized carbons (Fsp3) is 0.176. The van der Waals surface area contributed by atoms with Gasteiger partial charge in [-0.05, 0) is 24.0 Å². The molecular formula is C17H14I2O2. The lowest BCUT2D eigenvalue weighted by Crippen LogP contribution is -2.39. The maximum absolute atomic E-state index is 12.3. The number of hydrogen-bond acceptors (Lipinski definition) is 2. The summed E-state index contributed by atoms with van der Waals surface area (Å²) in [5.74, 6) is 0. The van der Waals surface area contributed by atoms with Gasteiger partial charge in [-0.25, -0.2) is 0 Å². The van der Waals surface area contributed by atoms with Crippen molar-refractivity contribution in [3.63, 3.8) is 0 Å². The normalized spacial score (nSPS) is 11.1. The molecule has 0 saturated heterocycles. The van der Waals surface area contributed by atoms with Crippen LogP contribution in [0.3, 0.4) is 0 Å². The minimum atomic E-state index is -1.06. The van der Waals surface area contributed by atoms with Crippen LogP contribution in [0.4, 0.5) is 0 Å². The monoisotopic (exact) mass is 504 g/mol. The molecule has 0 aliphatic heterocycles. The van der Waals surface area contributed by atoms with E-state index < -0.39 is 5.41 Å². The molecule has 0 bridgehead atoms. The molecule has 0 N–H and O–H groups in total. The van der Waals surface area contributed by atoms with E-state index in [0.717, 1.165) is 11.1 Å². The van der Waals surface area contributed by atoms with Crippen molar-refractivity contribution in [2.24, 2.45) is 0 Å². The first-order valence-electron chi connectivity index (χ1n) is 6.56. The summed E-state index contributed by atoms with van der Waals surface area (Å²) < 4.78 is -0.247. The van der Waals surface area contributed by atoms with Gasteiger partial charge in [0, 0.05) is 45.2 Å². The van der Waals surface area contributed by atoms with Crippen molar-refractivity contribution in [1.82, 2.24) is 0 Å². The molecule has 4 heteroatoms. The zero-order chi connectivity index (χ0) is 15.3. The molecular weight excluding hydrogens is 490 g/mol. The lowest BCUT2D eigenvalue weighted by atomic mass is 9.78. The van der Waals surface area contributed by atoms with Gasteiger partial charge in [0.2, 0.25) is 7.58 Å². The largest absolute Gasteiger partial charge is 0.286 e. The summed E-state index contributed by atoms with van der Waals surface area (Å²) in [5, 5.41) is 0. The summed E-state index contributed by atoms with van der Waals surface area (Å²) in [6.07, 6.45) is 1.18. The molecule has 2 aromatic rings. The Balaban J connectivity index is 2.37. The minimum Gasteiger partial charge on any atom is -0.286 e. The fourth-order valence-corrected chi connectivity index (χ4v) is 4.51. The van der Waals surface area contributed by atoms with E-state index in [1.165, 1.54) is 0 Å². The summed E-state index contributed by atoms with van der Waals surface area (Å²) in [4.78, 5) is 24.6. The third kappa shape index (κ3) is 3.71. The quantitative estimate of drug-likeness (QED) is 0.331. The Kier molecular flexibility index (Phi) is 5.92. The van der Waals surface area contributed by atoms with Gasteiger partial charge in [0.25, 0.3) is 0 Å². The number of benzene rings is 2. The zero-order valence-electron chi connectivity index (χ0n) is 11.3. The first kappa shape index (κ1) is 16.6. The van der Waals surface area contributed by atoms with E-state index in [-0.39, 0.29) is 7.58 Å². The van der Waals surface area contributed by atoms with Gasteiger partial charge < -0.3 is 0 Å². The van der Waals surface area contributed by atoms with E-state index in [9.17, 15) is 9.59 Å². The molecule has 21 heavy (non-hydrogen) atoms. The molecule has 0 heterocycles. The molecule has 108 valence electrons. The third-order valence-corrected chi connectivity index (χ3v) is 5.41. The molecule has 0 amide bonds. The molecule has 2 rings (SSSR count). The number of aryl methyl sites for hydroxylation is 1. The van der Waals surface area contributed by atoms with Gasteiger partial charge in [0.1, 0.15) is 5.41 Å². The van der Waals surface area contributed by atoms with Gasteiger partial charge in [0.15, 0.2) is 0 Å². The number of carbonyl (C=O) groups is 2. The number of halogens is 2. The van der Waals surface area contributed by atoms with E-state index in [4.69, 9.17) is 0 Å². The third-order valence-electron chi connectivity index (χ3n) is 3.57. The topological polar surface area (TPSA) is 34.1 Å². The van der Waals surface area contributed by atoms with E-state index in [1.807, 2.05) is 60.7 Å². The Morgan fingerprint density at radius 2 is 1.29 bits per heavy atom. The number of hydrogen-bond donors (Lipinski definition) is 0. The molecule has 0 aromatic heterocycles. The van der Waals surface area contributed by atoms with Crippen LogP contribution in [0.1, 0.15) is 17.5 Å². The highest BCUT2D eigenvalue weighted by molar-refractivity contribution is 14.1. The highest BCUT2D eigenvalue weighted by Crippen LogP contribution is 2.36. The second-order valence-corrected chi connectivity index (χ2v) is 6.76. The van der Waals surface area contributed by atoms with Gasteiger partial charge in [-0.2, -0.15) is 0 Å². The molecule has 0 aliphatic carbocycles. The molecule has 0 aliphatic rings. The number of rotatable bonds is 6. The lowest BCUT2D eigenvalue weighted by molar-refractivity contribution is -0.123. The second kappa shape index (κ2) is 7.49. The Hall–Kier alpha value is -0.760. The van der Waals surface area contributed by atoms with Crippen LogP contribution in [-0.4, -0.2) is 7.58 Å². The van der Waals surface area contributed by atoms with Crippen LogP contribution in [0, 0.1) is 0 Å². The first-order valence-corrected chi connectivity index (χ1v) is 8.72. The van der Waals surface area contributed by atoms with Gasteiger partial charge in [-0.1, -0.05) is 60.7 Å². The van der Waals surface area contributed by atoms with Crippen molar-refractivity contribution >= 4 is 52.8 Å². The highest BCUT2D eigenvalue weighted by Gasteiger charge is 2.44. The zero-order valence-corrected chi connectivity index (χ0v) is 15.6. The summed E-state index contributed by atoms with van der Waals surface area (Å²) in [6, 6.07) is 19.3. The Bertz CT molecular complexity index is 610. The van der Waals surface area contributed by atoms with Crippen molar-refractivity contribution in [3.05, 3.63) is 71.8 Å². The van der Waals surface area contributed by atoms with E-state index >= 15 is 0 Å². The van der Waals surface area contributed by atoms with Crippen LogP contribution >= 0.6 is 45.2 Å². The molecule has 0 fully saturated rings. The summed E-state index contributed by atoms with van der Waals surface area (Å²) >= 11 is 3.51. The van der Waals surface area contributed by atoms with Crippen molar-refractivity contribution in [2.45, 2.75) is 18.3 Å². The van der Waals surface area contributed by atoms with Crippen LogP contribution in [0.2, 0.25) is 0 Å². The van der Waals surface area contributed by atoms with Crippen LogP contribution in [0.5, 0.6) is 0 Å². The SMILES string of the molecule is O=C(I)C(CCc1ccccc1)(C(=O)I)c1ccccc1. The smallest absolute Gasteiger partial charge is 0.211 e. The molecule has 0 unspecified atom stereocenters. The van der Waals surface area contributed by atoms with Crippen molar-refractivity contribution in [3.8, 4) is 0 Å². The summed E-state index contributed by atoms with van der Waals surface area (Å²) in [7, 11) is 0. The minimum absolute atomic E-state index is 0.123. The second-order valence-electron chi connectivity index (χ2n) is 4.80. The van der Waals surface area contributed by atoms with Crippen molar-refractivity contribution in [2.75, 3.05) is 0 Å². The molecule has 0 atom stereocenters. The predicted molar refractivity (Wildman–Crippen MR) is 101 cm³/mol. The van der Waals surface area contributed by atoms with Crippen LogP contribution < -0.4 is 0 Å². The van der Waals surface area contributed by atoms with Gasteiger partial charge >= 0.3 is 0 Å². The van der Waals surface area contributed by atoms with Crippen LogP contribution in [-0.2, 0) is 21.4 Å². The number of carbonyl (C=O) groups excluding carboxylic acids is 2. The molecule has 0 saturated carbocycles. The highest BCUT2D eigenvalue weighted by atomic mass is 127. The molecule has 0 spiro atoms. The molecule has 0 radical (unpaired) electrons. The van der Waals surface area contributed by atoms with Gasteiger partial charge in [-0.15, -0.1) is 0 Å². The Morgan fingerprint density at radius 1 is 0.810 bits per heavy atom. The van der Waals surface area contributed by atoms with E-state index in [2.05, 4.69) is 0 Å². The Labute approximate surface area is 151 Å².